The molecule has 0 aliphatic rings. The lowest BCUT2D eigenvalue weighted by Gasteiger charge is -2.12. The number of ether oxygens (including phenoxy) is 1. The fraction of sp³-hybridized carbons (Fsp3) is 0.267. The predicted octanol–water partition coefficient (Wildman–Crippen LogP) is 3.00. The fourth-order valence-electron chi connectivity index (χ4n) is 1.97. The van der Waals surface area contributed by atoms with Crippen LogP contribution in [0.1, 0.15) is 11.1 Å². The van der Waals surface area contributed by atoms with Crippen LogP contribution in [0.2, 0.25) is 0 Å². The molecule has 0 bridgehead atoms. The third kappa shape index (κ3) is 4.04. The van der Waals surface area contributed by atoms with Gasteiger partial charge in [0.1, 0.15) is 5.75 Å². The topological polar surface area (TPSA) is 42.4 Å². The third-order valence-corrected chi connectivity index (χ3v) is 3.53. The van der Waals surface area contributed by atoms with Gasteiger partial charge in [0, 0.05) is 12.4 Å². The van der Waals surface area contributed by atoms with Crippen molar-refractivity contribution in [2.75, 3.05) is 7.11 Å². The number of hydrogen-bond acceptors (Lipinski definition) is 3. The first-order chi connectivity index (χ1) is 9.19. The third-order valence-electron chi connectivity index (χ3n) is 2.91. The lowest BCUT2D eigenvalue weighted by atomic mass is 10.0. The van der Waals surface area contributed by atoms with E-state index in [9.17, 15) is 5.11 Å². The summed E-state index contributed by atoms with van der Waals surface area (Å²) in [7, 11) is 1.64. The van der Waals surface area contributed by atoms with Crippen molar-refractivity contribution < 1.29 is 9.84 Å². The standard InChI is InChI=1S/C15H16BrNO2/c1-19-15-3-2-12(10-14(15)16)9-13(18)8-11-4-6-17-7-5-11/h2-7,10,13,18H,8-9H2,1H3. The summed E-state index contributed by atoms with van der Waals surface area (Å²) in [6, 6.07) is 9.70. The number of hydrogen-bond donors (Lipinski definition) is 1. The lowest BCUT2D eigenvalue weighted by Crippen LogP contribution is -2.14. The second kappa shape index (κ2) is 6.68. The zero-order chi connectivity index (χ0) is 13.7. The number of methoxy groups -OCH3 is 1. The van der Waals surface area contributed by atoms with Crippen LogP contribution in [0.15, 0.2) is 47.2 Å². The van der Waals surface area contributed by atoms with Gasteiger partial charge < -0.3 is 9.84 Å². The average Bonchev–Trinajstić information content (AvgIpc) is 2.40. The number of benzene rings is 1. The second-order valence-electron chi connectivity index (χ2n) is 4.39. The zero-order valence-corrected chi connectivity index (χ0v) is 12.3. The van der Waals surface area contributed by atoms with Crippen LogP contribution in [0.25, 0.3) is 0 Å². The Morgan fingerprint density at radius 3 is 2.47 bits per heavy atom. The Morgan fingerprint density at radius 2 is 1.84 bits per heavy atom. The molecule has 0 radical (unpaired) electrons. The maximum atomic E-state index is 10.1. The molecule has 0 fully saturated rings. The molecule has 0 aliphatic heterocycles. The van der Waals surface area contributed by atoms with Gasteiger partial charge in [-0.2, -0.15) is 0 Å². The molecule has 1 unspecified atom stereocenters. The van der Waals surface area contributed by atoms with Crippen LogP contribution in [0.3, 0.4) is 0 Å². The van der Waals surface area contributed by atoms with E-state index in [0.29, 0.717) is 12.8 Å². The van der Waals surface area contributed by atoms with Gasteiger partial charge in [-0.3, -0.25) is 4.98 Å². The molecule has 0 amide bonds. The second-order valence-corrected chi connectivity index (χ2v) is 5.24. The van der Waals surface area contributed by atoms with Crippen LogP contribution in [0.5, 0.6) is 5.75 Å². The zero-order valence-electron chi connectivity index (χ0n) is 10.7. The van der Waals surface area contributed by atoms with Gasteiger partial charge in [-0.15, -0.1) is 0 Å². The average molecular weight is 322 g/mol. The molecule has 0 spiro atoms. The normalized spacial score (nSPS) is 12.2. The van der Waals surface area contributed by atoms with Crippen molar-refractivity contribution >= 4 is 15.9 Å². The van der Waals surface area contributed by atoms with Crippen LogP contribution in [0.4, 0.5) is 0 Å². The number of nitrogens with zero attached hydrogens (tertiary/aromatic N) is 1. The first-order valence-corrected chi connectivity index (χ1v) is 6.87. The fourth-order valence-corrected chi connectivity index (χ4v) is 2.56. The summed E-state index contributed by atoms with van der Waals surface area (Å²) in [6.07, 6.45) is 4.33. The van der Waals surface area contributed by atoms with Gasteiger partial charge in [0.15, 0.2) is 0 Å². The summed E-state index contributed by atoms with van der Waals surface area (Å²) in [5, 5.41) is 10.1. The minimum absolute atomic E-state index is 0.400. The molecule has 0 saturated heterocycles. The molecular weight excluding hydrogens is 306 g/mol. The predicted molar refractivity (Wildman–Crippen MR) is 78.3 cm³/mol. The molecule has 0 aliphatic carbocycles. The first kappa shape index (κ1) is 14.0. The Labute approximate surface area is 121 Å². The van der Waals surface area contributed by atoms with Crippen LogP contribution in [-0.4, -0.2) is 23.3 Å². The SMILES string of the molecule is COc1ccc(CC(O)Cc2ccncc2)cc1Br. The molecule has 100 valence electrons. The van der Waals surface area contributed by atoms with Crippen LogP contribution in [-0.2, 0) is 12.8 Å². The van der Waals surface area contributed by atoms with Crippen molar-refractivity contribution in [2.45, 2.75) is 18.9 Å². The largest absolute Gasteiger partial charge is 0.496 e. The minimum Gasteiger partial charge on any atom is -0.496 e. The van der Waals surface area contributed by atoms with E-state index in [2.05, 4.69) is 20.9 Å². The van der Waals surface area contributed by atoms with Crippen LogP contribution >= 0.6 is 15.9 Å². The molecule has 1 aromatic heterocycles. The highest BCUT2D eigenvalue weighted by molar-refractivity contribution is 9.10. The van der Waals surface area contributed by atoms with Crippen molar-refractivity contribution in [3.05, 3.63) is 58.3 Å². The van der Waals surface area contributed by atoms with E-state index in [4.69, 9.17) is 4.74 Å². The van der Waals surface area contributed by atoms with E-state index >= 15 is 0 Å². The van der Waals surface area contributed by atoms with Crippen molar-refractivity contribution in [1.29, 1.82) is 0 Å². The number of aliphatic hydroxyl groups is 1. The highest BCUT2D eigenvalue weighted by Crippen LogP contribution is 2.26. The summed E-state index contributed by atoms with van der Waals surface area (Å²) in [4.78, 5) is 3.97. The van der Waals surface area contributed by atoms with Crippen molar-refractivity contribution in [3.8, 4) is 5.75 Å². The molecule has 0 saturated carbocycles. The summed E-state index contributed by atoms with van der Waals surface area (Å²) in [6.45, 7) is 0. The quantitative estimate of drug-likeness (QED) is 0.920. The van der Waals surface area contributed by atoms with Crippen LogP contribution in [0, 0.1) is 0 Å². The van der Waals surface area contributed by atoms with Crippen molar-refractivity contribution in [3.63, 3.8) is 0 Å². The summed E-state index contributed by atoms with van der Waals surface area (Å²) < 4.78 is 6.09. The molecule has 3 nitrogen and oxygen atoms in total. The Balaban J connectivity index is 1.99. The highest BCUT2D eigenvalue weighted by Gasteiger charge is 2.08. The maximum Gasteiger partial charge on any atom is 0.133 e. The maximum absolute atomic E-state index is 10.1. The Morgan fingerprint density at radius 1 is 1.16 bits per heavy atom. The summed E-state index contributed by atoms with van der Waals surface area (Å²) in [5.74, 6) is 0.798. The smallest absolute Gasteiger partial charge is 0.133 e. The Hall–Kier alpha value is -1.39. The molecular formula is C15H16BrNO2. The molecule has 2 aromatic rings. The van der Waals surface area contributed by atoms with E-state index in [1.807, 2.05) is 30.3 Å². The lowest BCUT2D eigenvalue weighted by molar-refractivity contribution is 0.175. The number of halogens is 1. The van der Waals surface area contributed by atoms with Gasteiger partial charge in [0.05, 0.1) is 17.7 Å². The van der Waals surface area contributed by atoms with Gasteiger partial charge in [-0.1, -0.05) is 6.07 Å². The summed E-state index contributed by atoms with van der Waals surface area (Å²) in [5.41, 5.74) is 2.17. The monoisotopic (exact) mass is 321 g/mol. The van der Waals surface area contributed by atoms with E-state index in [-0.39, 0.29) is 0 Å². The molecule has 1 heterocycles. The number of aliphatic hydroxyl groups excluding tert-OH is 1. The van der Waals surface area contributed by atoms with Gasteiger partial charge in [0.25, 0.3) is 0 Å². The number of rotatable bonds is 5. The van der Waals surface area contributed by atoms with E-state index in [1.165, 1.54) is 0 Å². The molecule has 1 N–H and O–H groups in total. The van der Waals surface area contributed by atoms with E-state index in [1.54, 1.807) is 19.5 Å². The van der Waals surface area contributed by atoms with Crippen molar-refractivity contribution in [1.82, 2.24) is 4.98 Å². The van der Waals surface area contributed by atoms with E-state index in [0.717, 1.165) is 21.3 Å². The van der Waals surface area contributed by atoms with Gasteiger partial charge in [-0.25, -0.2) is 0 Å². The minimum atomic E-state index is -0.400. The van der Waals surface area contributed by atoms with Crippen LogP contribution < -0.4 is 4.74 Å². The van der Waals surface area contributed by atoms with Gasteiger partial charge in [0.2, 0.25) is 0 Å². The molecule has 19 heavy (non-hydrogen) atoms. The Kier molecular flexibility index (Phi) is 4.93. The van der Waals surface area contributed by atoms with Crippen molar-refractivity contribution in [2.24, 2.45) is 0 Å². The molecule has 4 heteroatoms. The van der Waals surface area contributed by atoms with E-state index < -0.39 is 6.10 Å². The number of aromatic nitrogens is 1. The van der Waals surface area contributed by atoms with Gasteiger partial charge >= 0.3 is 0 Å². The number of pyridine rings is 1. The summed E-state index contributed by atoms with van der Waals surface area (Å²) >= 11 is 3.45. The Bertz CT molecular complexity index is 531. The highest BCUT2D eigenvalue weighted by atomic mass is 79.9. The van der Waals surface area contributed by atoms with Gasteiger partial charge in [-0.05, 0) is 64.2 Å². The molecule has 2 rings (SSSR count). The molecule has 1 aromatic carbocycles. The molecule has 1 atom stereocenters. The first-order valence-electron chi connectivity index (χ1n) is 6.08.